The van der Waals surface area contributed by atoms with Crippen LogP contribution in [0, 0.1) is 0 Å². The molecule has 1 fully saturated rings. The second kappa shape index (κ2) is 9.13. The van der Waals surface area contributed by atoms with Crippen molar-refractivity contribution in [3.05, 3.63) is 29.3 Å². The summed E-state index contributed by atoms with van der Waals surface area (Å²) in [6, 6.07) is 7.25. The molecule has 1 heterocycles. The lowest BCUT2D eigenvalue weighted by Crippen LogP contribution is -2.48. The predicted octanol–water partition coefficient (Wildman–Crippen LogP) is 2.74. The molecule has 0 spiro atoms. The summed E-state index contributed by atoms with van der Waals surface area (Å²) in [7, 11) is 1.82. The van der Waals surface area contributed by atoms with E-state index in [2.05, 4.69) is 5.32 Å². The Hall–Kier alpha value is -0.970. The van der Waals surface area contributed by atoms with Crippen molar-refractivity contribution in [2.24, 2.45) is 0 Å². The van der Waals surface area contributed by atoms with Crippen LogP contribution in [-0.2, 0) is 4.79 Å². The van der Waals surface area contributed by atoms with E-state index in [4.69, 9.17) is 16.3 Å². The molecule has 1 saturated heterocycles. The van der Waals surface area contributed by atoms with Crippen molar-refractivity contribution in [2.45, 2.75) is 25.3 Å². The van der Waals surface area contributed by atoms with Crippen molar-refractivity contribution in [3.8, 4) is 5.75 Å². The van der Waals surface area contributed by atoms with Crippen LogP contribution in [0.3, 0.4) is 0 Å². The number of nitrogens with zero attached hydrogens (tertiary/aromatic N) is 1. The minimum Gasteiger partial charge on any atom is -0.492 e. The van der Waals surface area contributed by atoms with Gasteiger partial charge in [0.2, 0.25) is 5.91 Å². The number of rotatable bonds is 5. The molecule has 1 aliphatic rings. The smallest absolute Gasteiger partial charge is 0.239 e. The van der Waals surface area contributed by atoms with Crippen molar-refractivity contribution in [2.75, 3.05) is 26.7 Å². The minimum absolute atomic E-state index is 0. The molecule has 1 aromatic rings. The number of ether oxygens (including phenoxy) is 1. The first-order valence-corrected chi connectivity index (χ1v) is 7.41. The Balaban J connectivity index is 0.00000220. The molecular weight excluding hydrogens is 311 g/mol. The third-order valence-electron chi connectivity index (χ3n) is 3.48. The molecular formula is C15H22Cl2N2O2. The van der Waals surface area contributed by atoms with Crippen LogP contribution in [-0.4, -0.2) is 43.6 Å². The van der Waals surface area contributed by atoms with Gasteiger partial charge < -0.3 is 15.0 Å². The van der Waals surface area contributed by atoms with Crippen molar-refractivity contribution in [1.29, 1.82) is 0 Å². The maximum absolute atomic E-state index is 12.2. The number of halogens is 2. The summed E-state index contributed by atoms with van der Waals surface area (Å²) < 4.78 is 5.60. The average Bonchev–Trinajstić information content (AvgIpc) is 2.47. The van der Waals surface area contributed by atoms with Gasteiger partial charge in [-0.2, -0.15) is 0 Å². The third-order valence-corrected chi connectivity index (χ3v) is 3.71. The number of carbonyl (C=O) groups is 1. The molecule has 1 aliphatic heterocycles. The van der Waals surface area contributed by atoms with Crippen LogP contribution in [0.25, 0.3) is 0 Å². The summed E-state index contributed by atoms with van der Waals surface area (Å²) in [5.41, 5.74) is 0. The molecule has 1 aromatic carbocycles. The maximum atomic E-state index is 12.2. The Morgan fingerprint density at radius 3 is 2.95 bits per heavy atom. The highest BCUT2D eigenvalue weighted by molar-refractivity contribution is 6.30. The van der Waals surface area contributed by atoms with Gasteiger partial charge in [0.25, 0.3) is 0 Å². The van der Waals surface area contributed by atoms with E-state index in [0.717, 1.165) is 31.6 Å². The lowest BCUT2D eigenvalue weighted by molar-refractivity contribution is -0.133. The lowest BCUT2D eigenvalue weighted by Gasteiger charge is -2.27. The number of hydrogen-bond donors (Lipinski definition) is 1. The van der Waals surface area contributed by atoms with E-state index in [1.807, 2.05) is 19.2 Å². The first-order chi connectivity index (χ1) is 9.66. The Morgan fingerprint density at radius 1 is 1.48 bits per heavy atom. The summed E-state index contributed by atoms with van der Waals surface area (Å²) in [5.74, 6) is 0.883. The van der Waals surface area contributed by atoms with Crippen molar-refractivity contribution in [1.82, 2.24) is 10.2 Å². The summed E-state index contributed by atoms with van der Waals surface area (Å²) in [6.45, 7) is 1.97. The van der Waals surface area contributed by atoms with Crippen molar-refractivity contribution >= 4 is 29.9 Å². The Kier molecular flexibility index (Phi) is 7.86. The number of piperidine rings is 1. The van der Waals surface area contributed by atoms with Gasteiger partial charge in [0, 0.05) is 12.1 Å². The number of carbonyl (C=O) groups excluding carboxylic acids is 1. The summed E-state index contributed by atoms with van der Waals surface area (Å²) in [5, 5.41) is 3.92. The fourth-order valence-corrected chi connectivity index (χ4v) is 2.48. The van der Waals surface area contributed by atoms with Crippen molar-refractivity contribution < 1.29 is 9.53 Å². The molecule has 21 heavy (non-hydrogen) atoms. The molecule has 1 amide bonds. The molecule has 2 rings (SSSR count). The standard InChI is InChI=1S/C15H21ClN2O2.ClH/c1-18(15(19)14-7-2-3-8-17-14)9-10-20-13-6-4-5-12(16)11-13;/h4-6,11,14,17H,2-3,7-10H2,1H3;1H/t14-;/m1./s1. The van der Waals surface area contributed by atoms with Gasteiger partial charge in [-0.25, -0.2) is 0 Å². The van der Waals surface area contributed by atoms with Gasteiger partial charge in [0.1, 0.15) is 12.4 Å². The van der Waals surface area contributed by atoms with Gasteiger partial charge in [-0.1, -0.05) is 24.1 Å². The zero-order valence-electron chi connectivity index (χ0n) is 12.2. The van der Waals surface area contributed by atoms with Gasteiger partial charge in [0.05, 0.1) is 12.6 Å². The van der Waals surface area contributed by atoms with Crippen LogP contribution in [0.15, 0.2) is 24.3 Å². The number of benzene rings is 1. The Morgan fingerprint density at radius 2 is 2.29 bits per heavy atom. The van der Waals surface area contributed by atoms with Crippen LogP contribution in [0.1, 0.15) is 19.3 Å². The lowest BCUT2D eigenvalue weighted by atomic mass is 10.0. The third kappa shape index (κ3) is 5.73. The molecule has 0 saturated carbocycles. The van der Waals surface area contributed by atoms with E-state index in [1.165, 1.54) is 0 Å². The van der Waals surface area contributed by atoms with E-state index in [-0.39, 0.29) is 24.4 Å². The van der Waals surface area contributed by atoms with E-state index < -0.39 is 0 Å². The van der Waals surface area contributed by atoms with Crippen molar-refractivity contribution in [3.63, 3.8) is 0 Å². The number of nitrogens with one attached hydrogen (secondary N) is 1. The first kappa shape index (κ1) is 18.1. The molecule has 0 bridgehead atoms. The van der Waals surface area contributed by atoms with E-state index >= 15 is 0 Å². The molecule has 0 unspecified atom stereocenters. The molecule has 118 valence electrons. The van der Waals surface area contributed by atoms with E-state index in [0.29, 0.717) is 18.2 Å². The van der Waals surface area contributed by atoms with Crippen LogP contribution < -0.4 is 10.1 Å². The highest BCUT2D eigenvalue weighted by atomic mass is 35.5. The minimum atomic E-state index is -0.0279. The second-order valence-corrected chi connectivity index (χ2v) is 5.50. The maximum Gasteiger partial charge on any atom is 0.239 e. The van der Waals surface area contributed by atoms with Gasteiger partial charge in [-0.05, 0) is 37.6 Å². The quantitative estimate of drug-likeness (QED) is 0.901. The average molecular weight is 333 g/mol. The zero-order chi connectivity index (χ0) is 14.4. The monoisotopic (exact) mass is 332 g/mol. The zero-order valence-corrected chi connectivity index (χ0v) is 13.8. The summed E-state index contributed by atoms with van der Waals surface area (Å²) in [4.78, 5) is 13.9. The molecule has 0 aromatic heterocycles. The number of amides is 1. The van der Waals surface area contributed by atoms with E-state index in [9.17, 15) is 4.79 Å². The largest absolute Gasteiger partial charge is 0.492 e. The van der Waals surface area contributed by atoms with Gasteiger partial charge >= 0.3 is 0 Å². The van der Waals surface area contributed by atoms with Crippen LogP contribution in [0.2, 0.25) is 5.02 Å². The topological polar surface area (TPSA) is 41.6 Å². The summed E-state index contributed by atoms with van der Waals surface area (Å²) >= 11 is 5.89. The van der Waals surface area contributed by atoms with Crippen LogP contribution >= 0.6 is 24.0 Å². The molecule has 1 N–H and O–H groups in total. The van der Waals surface area contributed by atoms with Gasteiger partial charge in [-0.15, -0.1) is 12.4 Å². The Bertz CT molecular complexity index is 451. The van der Waals surface area contributed by atoms with Crippen LogP contribution in [0.5, 0.6) is 5.75 Å². The number of likely N-dealkylation sites (N-methyl/N-ethyl adjacent to an activating group) is 1. The fourth-order valence-electron chi connectivity index (χ4n) is 2.30. The summed E-state index contributed by atoms with van der Waals surface area (Å²) in [6.07, 6.45) is 3.21. The second-order valence-electron chi connectivity index (χ2n) is 5.07. The molecule has 1 atom stereocenters. The molecule has 0 aliphatic carbocycles. The normalized spacial score (nSPS) is 17.7. The Labute approximate surface area is 137 Å². The van der Waals surface area contributed by atoms with E-state index in [1.54, 1.807) is 17.0 Å². The SMILES string of the molecule is CN(CCOc1cccc(Cl)c1)C(=O)[C@H]1CCCCN1.Cl. The predicted molar refractivity (Wildman–Crippen MR) is 87.5 cm³/mol. The molecule has 4 nitrogen and oxygen atoms in total. The first-order valence-electron chi connectivity index (χ1n) is 7.03. The van der Waals surface area contributed by atoms with Crippen LogP contribution in [0.4, 0.5) is 0 Å². The fraction of sp³-hybridized carbons (Fsp3) is 0.533. The van der Waals surface area contributed by atoms with Gasteiger partial charge in [0.15, 0.2) is 0 Å². The van der Waals surface area contributed by atoms with Gasteiger partial charge in [-0.3, -0.25) is 4.79 Å². The molecule has 0 radical (unpaired) electrons. The molecule has 6 heteroatoms. The number of hydrogen-bond acceptors (Lipinski definition) is 3. The highest BCUT2D eigenvalue weighted by Gasteiger charge is 2.23. The highest BCUT2D eigenvalue weighted by Crippen LogP contribution is 2.17.